The molecule has 0 fully saturated rings. The van der Waals surface area contributed by atoms with Crippen molar-refractivity contribution in [1.82, 2.24) is 19.7 Å². The molecule has 0 atom stereocenters. The summed E-state index contributed by atoms with van der Waals surface area (Å²) in [7, 11) is 0. The highest BCUT2D eigenvalue weighted by molar-refractivity contribution is 7.14. The van der Waals surface area contributed by atoms with E-state index < -0.39 is 5.82 Å². The topological polar surface area (TPSA) is 72.7 Å². The number of rotatable bonds is 5. The minimum Gasteiger partial charge on any atom is -0.298 e. The number of halogens is 2. The van der Waals surface area contributed by atoms with E-state index in [0.717, 1.165) is 11.8 Å². The molecule has 6 nitrogen and oxygen atoms in total. The van der Waals surface area contributed by atoms with Crippen molar-refractivity contribution in [2.45, 2.75) is 13.5 Å². The number of aromatic nitrogens is 4. The first-order valence-corrected chi connectivity index (χ1v) is 9.92. The minimum atomic E-state index is -0.421. The van der Waals surface area contributed by atoms with Crippen LogP contribution < -0.4 is 5.32 Å². The first kappa shape index (κ1) is 19.2. The zero-order valence-electron chi connectivity index (χ0n) is 15.3. The van der Waals surface area contributed by atoms with Crippen LogP contribution in [0.2, 0.25) is 5.15 Å². The summed E-state index contributed by atoms with van der Waals surface area (Å²) in [5, 5.41) is 9.53. The molecule has 0 aliphatic heterocycles. The Hall–Kier alpha value is -3.10. The highest BCUT2D eigenvalue weighted by atomic mass is 35.5. The molecule has 4 rings (SSSR count). The van der Waals surface area contributed by atoms with Crippen LogP contribution in [0.15, 0.2) is 54.0 Å². The minimum absolute atomic E-state index is 0.265. The van der Waals surface area contributed by atoms with E-state index >= 15 is 0 Å². The molecule has 3 heterocycles. The summed E-state index contributed by atoms with van der Waals surface area (Å²) in [5.74, 6) is -0.810. The standard InChI is InChI=1S/C20H15ClFN5OS/c1-12-17(18(21)27(26-12)10-13-5-3-2-4-6-13)19(28)25-20-24-16(11-29-20)15-8-7-14(22)9-23-15/h2-9,11H,10H2,1H3,(H,24,25,28). The number of benzene rings is 1. The molecule has 0 bridgehead atoms. The zero-order valence-corrected chi connectivity index (χ0v) is 16.8. The van der Waals surface area contributed by atoms with E-state index in [1.807, 2.05) is 30.3 Å². The summed E-state index contributed by atoms with van der Waals surface area (Å²) < 4.78 is 14.6. The van der Waals surface area contributed by atoms with Crippen molar-refractivity contribution < 1.29 is 9.18 Å². The molecule has 0 spiro atoms. The summed E-state index contributed by atoms with van der Waals surface area (Å²) in [4.78, 5) is 21.1. The van der Waals surface area contributed by atoms with Crippen molar-refractivity contribution in [2.24, 2.45) is 0 Å². The molecule has 146 valence electrons. The molecule has 1 aromatic carbocycles. The van der Waals surface area contributed by atoms with Crippen molar-refractivity contribution in [3.63, 3.8) is 0 Å². The van der Waals surface area contributed by atoms with Gasteiger partial charge in [0.1, 0.15) is 16.7 Å². The molecule has 1 N–H and O–H groups in total. The molecule has 0 saturated heterocycles. The maximum Gasteiger partial charge on any atom is 0.262 e. The van der Waals surface area contributed by atoms with Gasteiger partial charge in [-0.3, -0.25) is 15.1 Å². The summed E-state index contributed by atoms with van der Waals surface area (Å²) in [5.41, 5.74) is 2.93. The quantitative estimate of drug-likeness (QED) is 0.496. The van der Waals surface area contributed by atoms with Crippen LogP contribution in [0.4, 0.5) is 9.52 Å². The van der Waals surface area contributed by atoms with E-state index in [4.69, 9.17) is 11.6 Å². The Bertz CT molecular complexity index is 1160. The van der Waals surface area contributed by atoms with Crippen LogP contribution in [0.3, 0.4) is 0 Å². The highest BCUT2D eigenvalue weighted by Crippen LogP contribution is 2.26. The normalized spacial score (nSPS) is 10.9. The van der Waals surface area contributed by atoms with Crippen LogP contribution in [-0.2, 0) is 6.54 Å². The van der Waals surface area contributed by atoms with Crippen molar-refractivity contribution in [1.29, 1.82) is 0 Å². The lowest BCUT2D eigenvalue weighted by atomic mass is 10.2. The third-order valence-electron chi connectivity index (χ3n) is 4.18. The first-order valence-electron chi connectivity index (χ1n) is 8.67. The number of pyridine rings is 1. The maximum atomic E-state index is 13.0. The van der Waals surface area contributed by atoms with Gasteiger partial charge < -0.3 is 0 Å². The Morgan fingerprint density at radius 3 is 2.72 bits per heavy atom. The highest BCUT2D eigenvalue weighted by Gasteiger charge is 2.21. The van der Waals surface area contributed by atoms with Crippen molar-refractivity contribution in [3.05, 3.63) is 81.8 Å². The predicted molar refractivity (Wildman–Crippen MR) is 111 cm³/mol. The Labute approximate surface area is 175 Å². The fourth-order valence-electron chi connectivity index (χ4n) is 2.81. The largest absolute Gasteiger partial charge is 0.298 e. The Balaban J connectivity index is 1.52. The summed E-state index contributed by atoms with van der Waals surface area (Å²) in [6.07, 6.45) is 1.12. The second-order valence-electron chi connectivity index (χ2n) is 6.25. The van der Waals surface area contributed by atoms with Crippen LogP contribution >= 0.6 is 22.9 Å². The second-order valence-corrected chi connectivity index (χ2v) is 7.46. The average Bonchev–Trinajstić information content (AvgIpc) is 3.27. The molecular weight excluding hydrogens is 413 g/mol. The molecule has 0 unspecified atom stereocenters. The number of carbonyl (C=O) groups is 1. The van der Waals surface area contributed by atoms with E-state index in [-0.39, 0.29) is 11.1 Å². The van der Waals surface area contributed by atoms with Gasteiger partial charge in [-0.25, -0.2) is 14.1 Å². The summed E-state index contributed by atoms with van der Waals surface area (Å²) in [6, 6.07) is 12.6. The number of aryl methyl sites for hydroxylation is 1. The van der Waals surface area contributed by atoms with E-state index in [1.54, 1.807) is 17.0 Å². The molecule has 0 aliphatic carbocycles. The third-order valence-corrected chi connectivity index (χ3v) is 5.32. The number of anilines is 1. The van der Waals surface area contributed by atoms with Crippen molar-refractivity contribution >= 4 is 34.0 Å². The van der Waals surface area contributed by atoms with Crippen molar-refractivity contribution in [3.8, 4) is 11.4 Å². The van der Waals surface area contributed by atoms with Gasteiger partial charge in [-0.05, 0) is 24.6 Å². The lowest BCUT2D eigenvalue weighted by Gasteiger charge is -2.04. The average molecular weight is 428 g/mol. The predicted octanol–water partition coefficient (Wildman–Crippen LogP) is 4.80. The van der Waals surface area contributed by atoms with Crippen molar-refractivity contribution in [2.75, 3.05) is 5.32 Å². The molecule has 0 aliphatic rings. The molecule has 1 amide bonds. The lowest BCUT2D eigenvalue weighted by molar-refractivity contribution is 0.102. The molecule has 0 radical (unpaired) electrons. The Morgan fingerprint density at radius 2 is 2.00 bits per heavy atom. The molecular formula is C20H15ClFN5OS. The van der Waals surface area contributed by atoms with E-state index in [2.05, 4.69) is 20.4 Å². The number of amides is 1. The lowest BCUT2D eigenvalue weighted by Crippen LogP contribution is -2.13. The van der Waals surface area contributed by atoms with Gasteiger partial charge in [0.15, 0.2) is 5.13 Å². The van der Waals surface area contributed by atoms with Gasteiger partial charge in [-0.2, -0.15) is 5.10 Å². The monoisotopic (exact) mass is 427 g/mol. The molecule has 9 heteroatoms. The second kappa shape index (κ2) is 8.10. The van der Waals surface area contributed by atoms with Gasteiger partial charge >= 0.3 is 0 Å². The van der Waals surface area contributed by atoms with E-state index in [0.29, 0.717) is 34.3 Å². The molecule has 4 aromatic rings. The smallest absolute Gasteiger partial charge is 0.262 e. The SMILES string of the molecule is Cc1nn(Cc2ccccc2)c(Cl)c1C(=O)Nc1nc(-c2ccc(F)cn2)cs1. The van der Waals surface area contributed by atoms with E-state index in [9.17, 15) is 9.18 Å². The molecule has 0 saturated carbocycles. The van der Waals surface area contributed by atoms with Gasteiger partial charge in [0.05, 0.1) is 29.7 Å². The van der Waals surface area contributed by atoms with Crippen LogP contribution in [0, 0.1) is 12.7 Å². The van der Waals surface area contributed by atoms with Crippen LogP contribution in [0.5, 0.6) is 0 Å². The van der Waals surface area contributed by atoms with Gasteiger partial charge in [0.2, 0.25) is 0 Å². The fraction of sp³-hybridized carbons (Fsp3) is 0.100. The summed E-state index contributed by atoms with van der Waals surface area (Å²) >= 11 is 7.68. The molecule has 29 heavy (non-hydrogen) atoms. The fourth-order valence-corrected chi connectivity index (χ4v) is 3.83. The number of carbonyl (C=O) groups excluding carboxylic acids is 1. The van der Waals surface area contributed by atoms with Crippen LogP contribution in [-0.4, -0.2) is 25.7 Å². The number of nitrogens with zero attached hydrogens (tertiary/aromatic N) is 4. The number of thiazole rings is 1. The zero-order chi connectivity index (χ0) is 20.4. The van der Waals surface area contributed by atoms with Gasteiger partial charge in [0.25, 0.3) is 5.91 Å². The van der Waals surface area contributed by atoms with Gasteiger partial charge in [-0.15, -0.1) is 11.3 Å². The maximum absolute atomic E-state index is 13.0. The first-order chi connectivity index (χ1) is 14.0. The van der Waals surface area contributed by atoms with E-state index in [1.165, 1.54) is 23.5 Å². The number of hydrogen-bond acceptors (Lipinski definition) is 5. The molecule has 3 aromatic heterocycles. The number of hydrogen-bond donors (Lipinski definition) is 1. The Morgan fingerprint density at radius 1 is 1.21 bits per heavy atom. The van der Waals surface area contributed by atoms with Gasteiger partial charge in [0, 0.05) is 5.38 Å². The number of nitrogens with one attached hydrogen (secondary N) is 1. The third kappa shape index (κ3) is 4.18. The Kier molecular flexibility index (Phi) is 5.37. The summed E-state index contributed by atoms with van der Waals surface area (Å²) in [6.45, 7) is 2.20. The van der Waals surface area contributed by atoms with Crippen LogP contribution in [0.25, 0.3) is 11.4 Å². The van der Waals surface area contributed by atoms with Gasteiger partial charge in [-0.1, -0.05) is 41.9 Å². The van der Waals surface area contributed by atoms with Crippen LogP contribution in [0.1, 0.15) is 21.6 Å².